The first kappa shape index (κ1) is 19.9. The van der Waals surface area contributed by atoms with Crippen molar-refractivity contribution in [1.29, 1.82) is 5.26 Å². The van der Waals surface area contributed by atoms with Crippen molar-refractivity contribution in [3.05, 3.63) is 0 Å². The fourth-order valence-corrected chi connectivity index (χ4v) is 3.38. The van der Waals surface area contributed by atoms with E-state index in [-0.39, 0.29) is 24.5 Å². The van der Waals surface area contributed by atoms with Crippen molar-refractivity contribution in [3.8, 4) is 6.07 Å². The average Bonchev–Trinajstić information content (AvgIpc) is 2.72. The summed E-state index contributed by atoms with van der Waals surface area (Å²) in [5.74, 6) is 0.388. The summed E-state index contributed by atoms with van der Waals surface area (Å²) < 4.78 is 27.3. The second kappa shape index (κ2) is 9.24. The van der Waals surface area contributed by atoms with Gasteiger partial charge in [-0.05, 0) is 25.2 Å². The zero-order valence-electron chi connectivity index (χ0n) is 14.3. The molecule has 23 heavy (non-hydrogen) atoms. The number of nitrogens with zero attached hydrogens (tertiary/aromatic N) is 2. The first-order valence-corrected chi connectivity index (χ1v) is 10.1. The Morgan fingerprint density at radius 3 is 2.61 bits per heavy atom. The minimum atomic E-state index is -3.49. The van der Waals surface area contributed by atoms with Crippen LogP contribution in [-0.4, -0.2) is 44.7 Å². The molecule has 1 fully saturated rings. The van der Waals surface area contributed by atoms with Gasteiger partial charge in [0.25, 0.3) is 10.1 Å². The van der Waals surface area contributed by atoms with E-state index >= 15 is 0 Å². The SMILES string of the molecule is CC(C)CN1C(=O)[C@H](CCCCCC#N)C[C@H]1COS(C)(=O)=O. The van der Waals surface area contributed by atoms with Crippen LogP contribution in [0.15, 0.2) is 0 Å². The minimum Gasteiger partial charge on any atom is -0.337 e. The lowest BCUT2D eigenvalue weighted by molar-refractivity contribution is -0.133. The number of hydrogen-bond donors (Lipinski definition) is 0. The summed E-state index contributed by atoms with van der Waals surface area (Å²) in [6.45, 7) is 4.75. The summed E-state index contributed by atoms with van der Waals surface area (Å²) in [7, 11) is -3.49. The van der Waals surface area contributed by atoms with Crippen LogP contribution in [0.3, 0.4) is 0 Å². The van der Waals surface area contributed by atoms with Crippen LogP contribution in [-0.2, 0) is 19.1 Å². The smallest absolute Gasteiger partial charge is 0.264 e. The molecule has 0 aliphatic carbocycles. The molecule has 132 valence electrons. The molecule has 0 unspecified atom stereocenters. The van der Waals surface area contributed by atoms with Crippen molar-refractivity contribution >= 4 is 16.0 Å². The van der Waals surface area contributed by atoms with Gasteiger partial charge in [-0.25, -0.2) is 0 Å². The zero-order chi connectivity index (χ0) is 17.5. The predicted molar refractivity (Wildman–Crippen MR) is 87.9 cm³/mol. The van der Waals surface area contributed by atoms with E-state index in [1.165, 1.54) is 0 Å². The number of nitriles is 1. The molecule has 0 saturated carbocycles. The standard InChI is InChI=1S/C16H28N2O4S/c1-13(2)11-18-15(12-22-23(3,20)21)10-14(16(18)19)8-6-4-5-7-9-17/h13-15H,4-8,10-12H2,1-3H3/t14-,15+/m1/s1. The quantitative estimate of drug-likeness (QED) is 0.448. The number of amides is 1. The third kappa shape index (κ3) is 7.32. The Labute approximate surface area is 139 Å². The number of unbranched alkanes of at least 4 members (excludes halogenated alkanes) is 3. The van der Waals surface area contributed by atoms with Gasteiger partial charge >= 0.3 is 0 Å². The van der Waals surface area contributed by atoms with E-state index < -0.39 is 10.1 Å². The Morgan fingerprint density at radius 1 is 1.35 bits per heavy atom. The number of rotatable bonds is 10. The van der Waals surface area contributed by atoms with Crippen molar-refractivity contribution in [1.82, 2.24) is 4.90 Å². The lowest BCUT2D eigenvalue weighted by Crippen LogP contribution is -2.39. The molecule has 0 N–H and O–H groups in total. The van der Waals surface area contributed by atoms with E-state index in [1.54, 1.807) is 4.90 Å². The number of carbonyl (C=O) groups is 1. The third-order valence-corrected chi connectivity index (χ3v) is 4.57. The van der Waals surface area contributed by atoms with Crippen molar-refractivity contribution in [2.24, 2.45) is 11.8 Å². The Morgan fingerprint density at radius 2 is 2.04 bits per heavy atom. The maximum atomic E-state index is 12.6. The van der Waals surface area contributed by atoms with Gasteiger partial charge in [0.2, 0.25) is 5.91 Å². The zero-order valence-corrected chi connectivity index (χ0v) is 15.1. The van der Waals surface area contributed by atoms with Gasteiger partial charge in [0.05, 0.1) is 25.0 Å². The molecular formula is C16H28N2O4S. The lowest BCUT2D eigenvalue weighted by atomic mass is 9.97. The second-order valence-corrected chi connectivity index (χ2v) is 8.36. The van der Waals surface area contributed by atoms with Gasteiger partial charge in [0.1, 0.15) is 0 Å². The predicted octanol–water partition coefficient (Wildman–Crippen LogP) is 2.31. The van der Waals surface area contributed by atoms with Crippen molar-refractivity contribution < 1.29 is 17.4 Å². The van der Waals surface area contributed by atoms with Crippen LogP contribution in [0.2, 0.25) is 0 Å². The van der Waals surface area contributed by atoms with Crippen molar-refractivity contribution in [3.63, 3.8) is 0 Å². The third-order valence-electron chi connectivity index (χ3n) is 4.01. The Kier molecular flexibility index (Phi) is 8.00. The highest BCUT2D eigenvalue weighted by molar-refractivity contribution is 7.85. The van der Waals surface area contributed by atoms with Gasteiger partial charge in [-0.15, -0.1) is 0 Å². The number of likely N-dealkylation sites (tertiary alicyclic amines) is 1. The summed E-state index contributed by atoms with van der Waals surface area (Å²) in [6, 6.07) is 1.96. The van der Waals surface area contributed by atoms with Gasteiger partial charge in [-0.2, -0.15) is 13.7 Å². The number of hydrogen-bond acceptors (Lipinski definition) is 5. The van der Waals surface area contributed by atoms with Crippen LogP contribution in [0.4, 0.5) is 0 Å². The van der Waals surface area contributed by atoms with Crippen LogP contribution in [0.25, 0.3) is 0 Å². The molecule has 0 radical (unpaired) electrons. The molecule has 0 aromatic carbocycles. The van der Waals surface area contributed by atoms with Gasteiger partial charge in [0, 0.05) is 18.9 Å². The van der Waals surface area contributed by atoms with Crippen molar-refractivity contribution in [2.75, 3.05) is 19.4 Å². The highest BCUT2D eigenvalue weighted by atomic mass is 32.2. The molecule has 1 saturated heterocycles. The molecule has 1 heterocycles. The summed E-state index contributed by atoms with van der Waals surface area (Å²) >= 11 is 0. The van der Waals surface area contributed by atoms with Crippen LogP contribution >= 0.6 is 0 Å². The summed E-state index contributed by atoms with van der Waals surface area (Å²) in [5.41, 5.74) is 0. The van der Waals surface area contributed by atoms with Crippen LogP contribution < -0.4 is 0 Å². The average molecular weight is 344 g/mol. The summed E-state index contributed by atoms with van der Waals surface area (Å²) in [4.78, 5) is 14.4. The molecule has 1 rings (SSSR count). The molecule has 0 bridgehead atoms. The molecule has 0 aromatic heterocycles. The van der Waals surface area contributed by atoms with E-state index in [0.717, 1.165) is 31.9 Å². The molecule has 7 heteroatoms. The topological polar surface area (TPSA) is 87.5 Å². The molecule has 1 aliphatic heterocycles. The highest BCUT2D eigenvalue weighted by Crippen LogP contribution is 2.30. The molecule has 0 aromatic rings. The monoisotopic (exact) mass is 344 g/mol. The van der Waals surface area contributed by atoms with Gasteiger partial charge in [0.15, 0.2) is 0 Å². The normalized spacial score (nSPS) is 21.9. The molecule has 1 aliphatic rings. The maximum Gasteiger partial charge on any atom is 0.264 e. The molecule has 1 amide bonds. The largest absolute Gasteiger partial charge is 0.337 e. The van der Waals surface area contributed by atoms with Crippen LogP contribution in [0.5, 0.6) is 0 Å². The lowest BCUT2D eigenvalue weighted by Gasteiger charge is -2.26. The summed E-state index contributed by atoms with van der Waals surface area (Å²) in [6.07, 6.45) is 5.78. The molecule has 2 atom stereocenters. The highest BCUT2D eigenvalue weighted by Gasteiger charge is 2.39. The molecule has 0 spiro atoms. The van der Waals surface area contributed by atoms with Crippen LogP contribution in [0.1, 0.15) is 52.4 Å². The fourth-order valence-electron chi connectivity index (χ4n) is 2.98. The fraction of sp³-hybridized carbons (Fsp3) is 0.875. The van der Waals surface area contributed by atoms with Gasteiger partial charge < -0.3 is 4.90 Å². The van der Waals surface area contributed by atoms with Crippen molar-refractivity contribution in [2.45, 2.75) is 58.4 Å². The van der Waals surface area contributed by atoms with E-state index in [4.69, 9.17) is 9.44 Å². The summed E-state index contributed by atoms with van der Waals surface area (Å²) in [5, 5.41) is 8.52. The molecular weight excluding hydrogens is 316 g/mol. The first-order valence-electron chi connectivity index (χ1n) is 8.26. The van der Waals surface area contributed by atoms with E-state index in [9.17, 15) is 13.2 Å². The second-order valence-electron chi connectivity index (χ2n) is 6.72. The van der Waals surface area contributed by atoms with Crippen LogP contribution in [0, 0.1) is 23.2 Å². The molecule has 6 nitrogen and oxygen atoms in total. The minimum absolute atomic E-state index is 0.0439. The van der Waals surface area contributed by atoms with Gasteiger partial charge in [-0.3, -0.25) is 8.98 Å². The first-order chi connectivity index (χ1) is 10.7. The Hall–Kier alpha value is -1.13. The van der Waals surface area contributed by atoms with E-state index in [1.807, 2.05) is 13.8 Å². The van der Waals surface area contributed by atoms with Gasteiger partial charge in [-0.1, -0.05) is 26.7 Å². The Bertz CT molecular complexity index is 525. The Balaban J connectivity index is 2.58. The van der Waals surface area contributed by atoms with E-state index in [2.05, 4.69) is 6.07 Å². The van der Waals surface area contributed by atoms with E-state index in [0.29, 0.717) is 25.3 Å². The maximum absolute atomic E-state index is 12.6. The number of carbonyl (C=O) groups excluding carboxylic acids is 1.